The lowest BCUT2D eigenvalue weighted by Crippen LogP contribution is -2.43. The first kappa shape index (κ1) is 14.7. The molecule has 1 heterocycles. The van der Waals surface area contributed by atoms with Crippen LogP contribution in [0.1, 0.15) is 0 Å². The summed E-state index contributed by atoms with van der Waals surface area (Å²) in [7, 11) is 0. The van der Waals surface area contributed by atoms with Crippen molar-refractivity contribution in [3.8, 4) is 0 Å². The Kier molecular flexibility index (Phi) is 4.51. The van der Waals surface area contributed by atoms with Crippen LogP contribution in [0.4, 0.5) is 5.69 Å². The third-order valence-electron chi connectivity index (χ3n) is 2.37. The van der Waals surface area contributed by atoms with E-state index in [1.807, 2.05) is 18.2 Å². The van der Waals surface area contributed by atoms with Crippen molar-refractivity contribution in [3.05, 3.63) is 60.4 Å². The molecule has 2 aromatic rings. The van der Waals surface area contributed by atoms with Gasteiger partial charge in [0.2, 0.25) is 0 Å². The predicted molar refractivity (Wildman–Crippen MR) is 83.0 cm³/mol. The first-order valence-corrected chi connectivity index (χ1v) is 7.47. The summed E-state index contributed by atoms with van der Waals surface area (Å²) in [5.41, 5.74) is -1.16. The van der Waals surface area contributed by atoms with Gasteiger partial charge in [0.1, 0.15) is 0 Å². The van der Waals surface area contributed by atoms with Crippen LogP contribution in [0.15, 0.2) is 47.2 Å². The maximum absolute atomic E-state index is 11.8. The van der Waals surface area contributed by atoms with Crippen molar-refractivity contribution in [1.29, 1.82) is 0 Å². The van der Waals surface area contributed by atoms with Gasteiger partial charge in [-0.25, -0.2) is 9.59 Å². The van der Waals surface area contributed by atoms with E-state index < -0.39 is 11.3 Å². The van der Waals surface area contributed by atoms with Crippen LogP contribution < -0.4 is 27.4 Å². The molecule has 5 nitrogen and oxygen atoms in total. The lowest BCUT2D eigenvalue weighted by molar-refractivity contribution is 0.286. The average molecular weight is 356 g/mol. The fourth-order valence-corrected chi connectivity index (χ4v) is 2.47. The zero-order valence-electron chi connectivity index (χ0n) is 10.4. The number of rotatable bonds is 3. The maximum Gasteiger partial charge on any atom is 0.356 e. The topological polar surface area (TPSA) is 72.5 Å². The molecule has 0 fully saturated rings. The molecule has 0 saturated heterocycles. The Balaban J connectivity index is 2.67. The second-order valence-corrected chi connectivity index (χ2v) is 5.33. The average Bonchev–Trinajstić information content (AvgIpc) is 2.38. The molecule has 0 amide bonds. The summed E-state index contributed by atoms with van der Waals surface area (Å²) in [6.45, 7) is 3.29. The summed E-state index contributed by atoms with van der Waals surface area (Å²) < 4.78 is 10.2. The molecule has 1 aromatic carbocycles. The van der Waals surface area contributed by atoms with Crippen molar-refractivity contribution in [2.24, 2.45) is 0 Å². The Hall–Kier alpha value is -1.73. The third kappa shape index (κ3) is 3.05. The normalized spacial score (nSPS) is 10.3. The number of nitrogens with one attached hydrogen (secondary N) is 1. The SMILES string of the molecule is C=c1oc(=O)c(=C(Nc2ccccc2Br)SC)c(=O)o1. The molecule has 104 valence electrons. The number of thioether (sulfide) groups is 1. The van der Waals surface area contributed by atoms with Gasteiger partial charge in [-0.2, -0.15) is 0 Å². The summed E-state index contributed by atoms with van der Waals surface area (Å²) in [6, 6.07) is 7.33. The molecule has 0 spiro atoms. The fraction of sp³-hybridized carbons (Fsp3) is 0.0769. The van der Waals surface area contributed by atoms with Crippen LogP contribution in [-0.2, 0) is 0 Å². The van der Waals surface area contributed by atoms with E-state index in [4.69, 9.17) is 8.83 Å². The molecule has 20 heavy (non-hydrogen) atoms. The largest absolute Gasteiger partial charge is 0.389 e. The van der Waals surface area contributed by atoms with Gasteiger partial charge in [0.05, 0.1) is 10.7 Å². The van der Waals surface area contributed by atoms with Crippen LogP contribution in [0, 0.1) is 0 Å². The predicted octanol–water partition coefficient (Wildman–Crippen LogP) is 1.31. The molecule has 0 aliphatic carbocycles. The van der Waals surface area contributed by atoms with Crippen LogP contribution in [0.25, 0.3) is 11.6 Å². The summed E-state index contributed by atoms with van der Waals surface area (Å²) >= 11 is 4.58. The lowest BCUT2D eigenvalue weighted by Gasteiger charge is -2.09. The van der Waals surface area contributed by atoms with Gasteiger partial charge in [-0.3, -0.25) is 0 Å². The molecule has 1 N–H and O–H groups in total. The molecular weight excluding hydrogens is 346 g/mol. The van der Waals surface area contributed by atoms with E-state index in [2.05, 4.69) is 27.8 Å². The highest BCUT2D eigenvalue weighted by atomic mass is 79.9. The molecule has 0 unspecified atom stereocenters. The van der Waals surface area contributed by atoms with Crippen molar-refractivity contribution in [2.75, 3.05) is 11.6 Å². The molecule has 0 radical (unpaired) electrons. The lowest BCUT2D eigenvalue weighted by atomic mass is 10.3. The standard InChI is InChI=1S/C13H10BrNO4S/c1-7-18-12(16)10(13(17)19-7)11(20-2)15-9-6-4-3-5-8(9)14/h3-6,15H,1H2,2H3. The molecule has 2 rings (SSSR count). The zero-order valence-corrected chi connectivity index (χ0v) is 12.8. The number of halogens is 1. The van der Waals surface area contributed by atoms with Crippen LogP contribution in [0.2, 0.25) is 0 Å². The smallest absolute Gasteiger partial charge is 0.356 e. The molecule has 7 heteroatoms. The Morgan fingerprint density at radius 1 is 1.25 bits per heavy atom. The van der Waals surface area contributed by atoms with Crippen molar-refractivity contribution in [3.63, 3.8) is 0 Å². The number of hydrogen-bond acceptors (Lipinski definition) is 6. The van der Waals surface area contributed by atoms with Gasteiger partial charge in [0.15, 0.2) is 5.22 Å². The van der Waals surface area contributed by atoms with Crippen LogP contribution in [0.3, 0.4) is 0 Å². The van der Waals surface area contributed by atoms with Gasteiger partial charge in [-0.15, -0.1) is 11.8 Å². The monoisotopic (exact) mass is 355 g/mol. The molecule has 0 aliphatic rings. The Morgan fingerprint density at radius 2 is 1.85 bits per heavy atom. The first-order valence-electron chi connectivity index (χ1n) is 5.46. The number of benzene rings is 1. The van der Waals surface area contributed by atoms with Gasteiger partial charge >= 0.3 is 11.3 Å². The zero-order chi connectivity index (χ0) is 14.7. The van der Waals surface area contributed by atoms with Gasteiger partial charge in [0, 0.05) is 4.47 Å². The second kappa shape index (κ2) is 6.15. The minimum atomic E-state index is -0.782. The number of hydrogen-bond donors (Lipinski definition) is 1. The van der Waals surface area contributed by atoms with Crippen molar-refractivity contribution in [2.45, 2.75) is 0 Å². The Morgan fingerprint density at radius 3 is 2.40 bits per heavy atom. The van der Waals surface area contributed by atoms with Crippen molar-refractivity contribution in [1.82, 2.24) is 0 Å². The van der Waals surface area contributed by atoms with Gasteiger partial charge < -0.3 is 14.2 Å². The van der Waals surface area contributed by atoms with E-state index >= 15 is 0 Å². The van der Waals surface area contributed by atoms with Gasteiger partial charge in [0.25, 0.3) is 5.61 Å². The molecule has 0 saturated carbocycles. The minimum Gasteiger partial charge on any atom is -0.389 e. The highest BCUT2D eigenvalue weighted by molar-refractivity contribution is 9.10. The maximum atomic E-state index is 11.8. The van der Waals surface area contributed by atoms with Crippen LogP contribution >= 0.6 is 27.7 Å². The van der Waals surface area contributed by atoms with Crippen molar-refractivity contribution < 1.29 is 8.83 Å². The molecule has 0 bridgehead atoms. The third-order valence-corrected chi connectivity index (χ3v) is 3.78. The molecule has 0 aliphatic heterocycles. The molecule has 1 aromatic heterocycles. The van der Waals surface area contributed by atoms with Gasteiger partial charge in [-0.05, 0) is 40.9 Å². The van der Waals surface area contributed by atoms with Gasteiger partial charge in [-0.1, -0.05) is 12.1 Å². The Bertz CT molecular complexity index is 818. The number of para-hydroxylation sites is 1. The van der Waals surface area contributed by atoms with E-state index in [0.29, 0.717) is 10.7 Å². The fourth-order valence-electron chi connectivity index (χ4n) is 1.50. The quantitative estimate of drug-likeness (QED) is 0.894. The molecule has 0 atom stereocenters. The highest BCUT2D eigenvalue weighted by Crippen LogP contribution is 2.24. The minimum absolute atomic E-state index is 0.180. The van der Waals surface area contributed by atoms with Crippen LogP contribution in [0.5, 0.6) is 0 Å². The highest BCUT2D eigenvalue weighted by Gasteiger charge is 2.09. The second-order valence-electron chi connectivity index (χ2n) is 3.66. The molecular formula is C13H10BrNO4S. The summed E-state index contributed by atoms with van der Waals surface area (Å²) in [6.07, 6.45) is 1.73. The summed E-state index contributed by atoms with van der Waals surface area (Å²) in [4.78, 5) is 23.6. The first-order chi connectivity index (χ1) is 9.52. The van der Waals surface area contributed by atoms with Crippen LogP contribution in [-0.4, -0.2) is 6.26 Å². The summed E-state index contributed by atoms with van der Waals surface area (Å²) in [5.74, 6) is 0. The van der Waals surface area contributed by atoms with E-state index in [1.54, 1.807) is 12.3 Å². The Labute approximate surface area is 126 Å². The van der Waals surface area contributed by atoms with E-state index in [9.17, 15) is 9.59 Å². The van der Waals surface area contributed by atoms with E-state index in [0.717, 1.165) is 4.47 Å². The van der Waals surface area contributed by atoms with E-state index in [1.165, 1.54) is 11.8 Å². The van der Waals surface area contributed by atoms with Crippen molar-refractivity contribution >= 4 is 45.0 Å². The van der Waals surface area contributed by atoms with E-state index in [-0.39, 0.29) is 10.8 Å². The summed E-state index contributed by atoms with van der Waals surface area (Å²) in [5, 5.41) is 3.17. The number of anilines is 1.